The van der Waals surface area contributed by atoms with E-state index in [1.165, 1.54) is 25.1 Å². The first-order valence-corrected chi connectivity index (χ1v) is 8.68. The predicted octanol–water partition coefficient (Wildman–Crippen LogP) is 5.02. The second-order valence-corrected chi connectivity index (χ2v) is 6.52. The highest BCUT2D eigenvalue weighted by molar-refractivity contribution is 9.10. The lowest BCUT2D eigenvalue weighted by molar-refractivity contribution is -0.151. The van der Waals surface area contributed by atoms with Gasteiger partial charge in [0.1, 0.15) is 0 Å². The summed E-state index contributed by atoms with van der Waals surface area (Å²) in [7, 11) is 0. The number of rotatable bonds is 6. The molecule has 1 aromatic heterocycles. The molecule has 0 aliphatic rings. The van der Waals surface area contributed by atoms with Crippen molar-refractivity contribution >= 4 is 32.9 Å². The van der Waals surface area contributed by atoms with Crippen LogP contribution in [0.3, 0.4) is 0 Å². The summed E-state index contributed by atoms with van der Waals surface area (Å²) in [5.74, 6) is -1.69. The molecule has 3 rings (SSSR count). The highest BCUT2D eigenvalue weighted by Crippen LogP contribution is 2.28. The van der Waals surface area contributed by atoms with Crippen LogP contribution in [0.1, 0.15) is 25.4 Å². The van der Waals surface area contributed by atoms with Gasteiger partial charge < -0.3 is 9.47 Å². The molecule has 0 aliphatic heterocycles. The number of aromatic nitrogens is 2. The molecule has 0 N–H and O–H groups in total. The van der Waals surface area contributed by atoms with Crippen molar-refractivity contribution in [1.29, 1.82) is 0 Å². The molecule has 2 aromatic carbocycles. The molecule has 0 saturated carbocycles. The van der Waals surface area contributed by atoms with Crippen LogP contribution < -0.4 is 4.74 Å². The summed E-state index contributed by atoms with van der Waals surface area (Å²) in [6.45, 7) is -1.99. The van der Waals surface area contributed by atoms with E-state index >= 15 is 0 Å². The van der Waals surface area contributed by atoms with Crippen LogP contribution in [-0.2, 0) is 9.53 Å². The van der Waals surface area contributed by atoms with E-state index in [1.54, 1.807) is 24.3 Å². The highest BCUT2D eigenvalue weighted by Gasteiger charge is 2.24. The minimum absolute atomic E-state index is 0.0885. The minimum Gasteiger partial charge on any atom is -0.479 e. The number of hydrogen-bond acceptors (Lipinski definition) is 4. The Kier molecular flexibility index (Phi) is 5.69. The third-order valence-corrected chi connectivity index (χ3v) is 4.22. The Balaban J connectivity index is 1.71. The molecule has 0 saturated heterocycles. The van der Waals surface area contributed by atoms with Gasteiger partial charge in [-0.05, 0) is 37.3 Å². The Labute approximate surface area is 160 Å². The maximum absolute atomic E-state index is 13.7. The average molecular weight is 443 g/mol. The van der Waals surface area contributed by atoms with E-state index in [9.17, 15) is 18.0 Å². The number of benzene rings is 2. The number of alkyl halides is 2. The lowest BCUT2D eigenvalue weighted by Crippen LogP contribution is -2.19. The second kappa shape index (κ2) is 7.99. The van der Waals surface area contributed by atoms with Crippen molar-refractivity contribution in [3.05, 3.63) is 58.6 Å². The standard InChI is InChI=1S/C18H14BrF3N2O3/c1-10(17-23-13-4-2-3-5-14(13)24(17)18(21)22)27-16(25)9-26-15-7-6-11(19)8-12(15)20/h2-8,10,18H,9H2,1H3. The lowest BCUT2D eigenvalue weighted by Gasteiger charge is -2.15. The first-order valence-electron chi connectivity index (χ1n) is 7.89. The number of imidazole rings is 1. The van der Waals surface area contributed by atoms with Crippen molar-refractivity contribution in [3.8, 4) is 5.75 Å². The molecule has 0 amide bonds. The van der Waals surface area contributed by atoms with Crippen molar-refractivity contribution < 1.29 is 27.4 Å². The average Bonchev–Trinajstić information content (AvgIpc) is 3.01. The first kappa shape index (κ1) is 19.2. The van der Waals surface area contributed by atoms with Gasteiger partial charge in [-0.25, -0.2) is 14.2 Å². The van der Waals surface area contributed by atoms with Crippen molar-refractivity contribution in [2.24, 2.45) is 0 Å². The zero-order chi connectivity index (χ0) is 19.6. The largest absolute Gasteiger partial charge is 0.479 e. The fourth-order valence-corrected chi connectivity index (χ4v) is 2.90. The van der Waals surface area contributed by atoms with E-state index in [4.69, 9.17) is 9.47 Å². The molecular formula is C18H14BrF3N2O3. The summed E-state index contributed by atoms with van der Waals surface area (Å²) in [5, 5.41) is 0. The summed E-state index contributed by atoms with van der Waals surface area (Å²) >= 11 is 3.11. The van der Waals surface area contributed by atoms with Gasteiger partial charge in [0.25, 0.3) is 0 Å². The fourth-order valence-electron chi connectivity index (χ4n) is 2.57. The molecule has 3 aromatic rings. The number of hydrogen-bond donors (Lipinski definition) is 0. The van der Waals surface area contributed by atoms with Crippen LogP contribution in [0, 0.1) is 5.82 Å². The Bertz CT molecular complexity index is 978. The number of halogens is 4. The van der Waals surface area contributed by atoms with E-state index in [2.05, 4.69) is 20.9 Å². The number of nitrogens with zero attached hydrogens (tertiary/aromatic N) is 2. The van der Waals surface area contributed by atoms with Gasteiger partial charge >= 0.3 is 12.5 Å². The summed E-state index contributed by atoms with van der Waals surface area (Å²) in [5.41, 5.74) is 0.600. The molecule has 1 atom stereocenters. The van der Waals surface area contributed by atoms with E-state index in [-0.39, 0.29) is 17.1 Å². The number of esters is 1. The van der Waals surface area contributed by atoms with Crippen LogP contribution in [-0.4, -0.2) is 22.1 Å². The molecule has 5 nitrogen and oxygen atoms in total. The van der Waals surface area contributed by atoms with Gasteiger partial charge in [-0.1, -0.05) is 28.1 Å². The molecule has 0 radical (unpaired) electrons. The number of fused-ring (bicyclic) bond motifs is 1. The van der Waals surface area contributed by atoms with Crippen LogP contribution in [0.15, 0.2) is 46.9 Å². The fraction of sp³-hybridized carbons (Fsp3) is 0.222. The summed E-state index contributed by atoms with van der Waals surface area (Å²) in [4.78, 5) is 16.1. The van der Waals surface area contributed by atoms with Crippen LogP contribution in [0.25, 0.3) is 11.0 Å². The first-order chi connectivity index (χ1) is 12.9. The van der Waals surface area contributed by atoms with Gasteiger partial charge in [0, 0.05) is 4.47 Å². The Morgan fingerprint density at radius 1 is 1.26 bits per heavy atom. The molecular weight excluding hydrogens is 429 g/mol. The summed E-state index contributed by atoms with van der Waals surface area (Å²) in [6, 6.07) is 10.5. The summed E-state index contributed by atoms with van der Waals surface area (Å²) < 4.78 is 52.0. The highest BCUT2D eigenvalue weighted by atomic mass is 79.9. The summed E-state index contributed by atoms with van der Waals surface area (Å²) in [6.07, 6.45) is -1.04. The van der Waals surface area contributed by atoms with Gasteiger partial charge in [0.2, 0.25) is 0 Å². The Morgan fingerprint density at radius 2 is 2.00 bits per heavy atom. The van der Waals surface area contributed by atoms with Gasteiger partial charge in [0.15, 0.2) is 30.1 Å². The third kappa shape index (κ3) is 4.24. The SMILES string of the molecule is CC(OC(=O)COc1ccc(Br)cc1F)c1nc2ccccc2n1C(F)F. The molecule has 0 spiro atoms. The van der Waals surface area contributed by atoms with Crippen molar-refractivity contribution in [1.82, 2.24) is 9.55 Å². The molecule has 142 valence electrons. The lowest BCUT2D eigenvalue weighted by atomic mass is 10.3. The zero-order valence-electron chi connectivity index (χ0n) is 14.0. The van der Waals surface area contributed by atoms with Crippen LogP contribution in [0.4, 0.5) is 13.2 Å². The minimum atomic E-state index is -2.85. The molecule has 1 unspecified atom stereocenters. The third-order valence-electron chi connectivity index (χ3n) is 3.73. The van der Waals surface area contributed by atoms with E-state index < -0.39 is 31.0 Å². The van der Waals surface area contributed by atoms with Crippen molar-refractivity contribution in [2.45, 2.75) is 19.6 Å². The molecule has 0 fully saturated rings. The van der Waals surface area contributed by atoms with Crippen molar-refractivity contribution in [2.75, 3.05) is 6.61 Å². The van der Waals surface area contributed by atoms with E-state index in [0.29, 0.717) is 14.6 Å². The van der Waals surface area contributed by atoms with E-state index in [1.807, 2.05) is 0 Å². The number of carbonyl (C=O) groups excluding carboxylic acids is 1. The monoisotopic (exact) mass is 442 g/mol. The quantitative estimate of drug-likeness (QED) is 0.503. The van der Waals surface area contributed by atoms with Gasteiger partial charge in [-0.15, -0.1) is 0 Å². The molecule has 1 heterocycles. The van der Waals surface area contributed by atoms with Crippen molar-refractivity contribution in [3.63, 3.8) is 0 Å². The van der Waals surface area contributed by atoms with Gasteiger partial charge in [-0.3, -0.25) is 4.57 Å². The molecule has 27 heavy (non-hydrogen) atoms. The van der Waals surface area contributed by atoms with Crippen LogP contribution in [0.5, 0.6) is 5.75 Å². The maximum atomic E-state index is 13.7. The Hall–Kier alpha value is -2.55. The Morgan fingerprint density at radius 3 is 2.70 bits per heavy atom. The molecule has 0 aliphatic carbocycles. The smallest absolute Gasteiger partial charge is 0.344 e. The normalized spacial score (nSPS) is 12.4. The van der Waals surface area contributed by atoms with E-state index in [0.717, 1.165) is 0 Å². The van der Waals surface area contributed by atoms with Crippen LogP contribution in [0.2, 0.25) is 0 Å². The van der Waals surface area contributed by atoms with Crippen LogP contribution >= 0.6 is 15.9 Å². The molecule has 0 bridgehead atoms. The maximum Gasteiger partial charge on any atom is 0.344 e. The van der Waals surface area contributed by atoms with Gasteiger partial charge in [-0.2, -0.15) is 8.78 Å². The second-order valence-electron chi connectivity index (χ2n) is 5.60. The molecule has 9 heteroatoms. The number of para-hydroxylation sites is 2. The number of carbonyl (C=O) groups is 1. The van der Waals surface area contributed by atoms with Gasteiger partial charge in [0.05, 0.1) is 11.0 Å². The predicted molar refractivity (Wildman–Crippen MR) is 95.1 cm³/mol. The topological polar surface area (TPSA) is 53.4 Å². The zero-order valence-corrected chi connectivity index (χ0v) is 15.6. The number of ether oxygens (including phenoxy) is 2.